The van der Waals surface area contributed by atoms with Gasteiger partial charge in [-0.05, 0) is 41.1 Å². The molecule has 1 aliphatic carbocycles. The van der Waals surface area contributed by atoms with E-state index in [1.165, 1.54) is 6.20 Å². The smallest absolute Gasteiger partial charge is 0.309 e. The molecule has 1 aliphatic rings. The molecule has 0 aromatic carbocycles. The van der Waals surface area contributed by atoms with Gasteiger partial charge in [0, 0.05) is 5.92 Å². The Morgan fingerprint density at radius 3 is 2.87 bits per heavy atom. The van der Waals surface area contributed by atoms with Crippen LogP contribution < -0.4 is 5.73 Å². The summed E-state index contributed by atoms with van der Waals surface area (Å²) in [5.74, 6) is 0.428. The van der Waals surface area contributed by atoms with Crippen LogP contribution in [-0.2, 0) is 4.79 Å². The van der Waals surface area contributed by atoms with E-state index >= 15 is 0 Å². The van der Waals surface area contributed by atoms with Crippen LogP contribution in [0, 0.1) is 11.3 Å². The molecule has 3 rings (SSSR count). The van der Waals surface area contributed by atoms with E-state index in [4.69, 9.17) is 17.3 Å². The summed E-state index contributed by atoms with van der Waals surface area (Å²) >= 11 is 9.70. The second-order valence-electron chi connectivity index (χ2n) is 6.47. The molecule has 1 saturated carbocycles. The zero-order chi connectivity index (χ0) is 16.9. The van der Waals surface area contributed by atoms with Crippen LogP contribution in [0.1, 0.15) is 44.9 Å². The highest BCUT2D eigenvalue weighted by atomic mass is 79.9. The number of anilines is 1. The Kier molecular flexibility index (Phi) is 4.04. The summed E-state index contributed by atoms with van der Waals surface area (Å²) in [7, 11) is 0. The number of nitrogen functional groups attached to an aromatic ring is 1. The quantitative estimate of drug-likeness (QED) is 0.817. The molecule has 2 aromatic heterocycles. The molecule has 0 aliphatic heterocycles. The van der Waals surface area contributed by atoms with Crippen molar-refractivity contribution >= 4 is 44.8 Å². The molecule has 0 amide bonds. The first-order valence-corrected chi connectivity index (χ1v) is 8.66. The molecular weight excluding hydrogens is 384 g/mol. The lowest BCUT2D eigenvalue weighted by Gasteiger charge is -2.28. The Balaban J connectivity index is 2.10. The standard InChI is InChI=1S/C15H18BrClN4O2/c1-7(2)15(14(22)23)4-3-8(5-15)13-20-11(16)10-12(18)19-6-9(17)21(10)13/h6-8H,3-5H2,1-2H3,(H2,18,19)(H,22,23)/t8?,15-/m1/s1. The van der Waals surface area contributed by atoms with E-state index in [9.17, 15) is 9.90 Å². The van der Waals surface area contributed by atoms with Crippen molar-refractivity contribution in [3.8, 4) is 0 Å². The third kappa shape index (κ3) is 2.41. The first-order chi connectivity index (χ1) is 10.8. The molecule has 2 heterocycles. The van der Waals surface area contributed by atoms with Gasteiger partial charge in [0.15, 0.2) is 5.82 Å². The van der Waals surface area contributed by atoms with E-state index in [0.29, 0.717) is 33.9 Å². The number of rotatable bonds is 3. The summed E-state index contributed by atoms with van der Waals surface area (Å²) in [6.07, 6.45) is 3.43. The van der Waals surface area contributed by atoms with Crippen molar-refractivity contribution in [1.29, 1.82) is 0 Å². The van der Waals surface area contributed by atoms with E-state index in [-0.39, 0.29) is 11.8 Å². The predicted molar refractivity (Wildman–Crippen MR) is 91.6 cm³/mol. The van der Waals surface area contributed by atoms with Crippen molar-refractivity contribution in [2.45, 2.75) is 39.0 Å². The van der Waals surface area contributed by atoms with Crippen molar-refractivity contribution in [3.05, 3.63) is 21.8 Å². The molecule has 2 aromatic rings. The molecule has 124 valence electrons. The first kappa shape index (κ1) is 16.5. The van der Waals surface area contributed by atoms with Gasteiger partial charge in [0.2, 0.25) is 0 Å². The van der Waals surface area contributed by atoms with Crippen LogP contribution in [0.5, 0.6) is 0 Å². The Hall–Kier alpha value is -1.34. The minimum Gasteiger partial charge on any atom is -0.481 e. The van der Waals surface area contributed by atoms with Gasteiger partial charge >= 0.3 is 5.97 Å². The Morgan fingerprint density at radius 2 is 2.30 bits per heavy atom. The maximum Gasteiger partial charge on any atom is 0.309 e. The van der Waals surface area contributed by atoms with E-state index in [2.05, 4.69) is 25.9 Å². The van der Waals surface area contributed by atoms with Crippen molar-refractivity contribution in [2.24, 2.45) is 11.3 Å². The fourth-order valence-electron chi connectivity index (χ4n) is 3.62. The lowest BCUT2D eigenvalue weighted by molar-refractivity contribution is -0.151. The molecular formula is C15H18BrClN4O2. The second kappa shape index (κ2) is 5.63. The molecule has 2 atom stereocenters. The van der Waals surface area contributed by atoms with E-state index in [0.717, 1.165) is 12.2 Å². The number of hydrogen-bond acceptors (Lipinski definition) is 4. The highest BCUT2D eigenvalue weighted by Crippen LogP contribution is 2.51. The number of carbonyl (C=O) groups is 1. The molecule has 0 spiro atoms. The third-order valence-corrected chi connectivity index (χ3v) is 5.89. The van der Waals surface area contributed by atoms with Gasteiger partial charge in [-0.15, -0.1) is 0 Å². The molecule has 1 unspecified atom stereocenters. The van der Waals surface area contributed by atoms with Gasteiger partial charge in [-0.2, -0.15) is 0 Å². The first-order valence-electron chi connectivity index (χ1n) is 7.49. The van der Waals surface area contributed by atoms with Gasteiger partial charge in [0.1, 0.15) is 21.1 Å². The number of carboxylic acids is 1. The lowest BCUT2D eigenvalue weighted by atomic mass is 9.75. The van der Waals surface area contributed by atoms with Crippen LogP contribution in [0.3, 0.4) is 0 Å². The van der Waals surface area contributed by atoms with Crippen molar-refractivity contribution in [2.75, 3.05) is 5.73 Å². The zero-order valence-electron chi connectivity index (χ0n) is 12.9. The minimum atomic E-state index is -0.734. The number of aromatic nitrogens is 3. The highest BCUT2D eigenvalue weighted by Gasteiger charge is 2.49. The van der Waals surface area contributed by atoms with E-state index in [1.54, 1.807) is 4.40 Å². The monoisotopic (exact) mass is 400 g/mol. The van der Waals surface area contributed by atoms with Crippen LogP contribution >= 0.6 is 27.5 Å². The second-order valence-corrected chi connectivity index (χ2v) is 7.61. The predicted octanol–water partition coefficient (Wildman–Crippen LogP) is 3.72. The van der Waals surface area contributed by atoms with Crippen LogP contribution in [0.4, 0.5) is 5.82 Å². The molecule has 8 heteroatoms. The molecule has 0 radical (unpaired) electrons. The minimum absolute atomic E-state index is 0.0200. The van der Waals surface area contributed by atoms with Crippen molar-refractivity contribution in [1.82, 2.24) is 14.4 Å². The summed E-state index contributed by atoms with van der Waals surface area (Å²) in [5, 5.41) is 10.1. The van der Waals surface area contributed by atoms with E-state index < -0.39 is 11.4 Å². The van der Waals surface area contributed by atoms with Crippen LogP contribution in [-0.4, -0.2) is 25.4 Å². The third-order valence-electron chi connectivity index (χ3n) is 5.07. The number of halogens is 2. The number of nitrogens with two attached hydrogens (primary N) is 1. The number of hydrogen-bond donors (Lipinski definition) is 2. The van der Waals surface area contributed by atoms with Crippen LogP contribution in [0.15, 0.2) is 10.8 Å². The Bertz CT molecular complexity index is 791. The Morgan fingerprint density at radius 1 is 1.61 bits per heavy atom. The maximum atomic E-state index is 11.8. The number of nitrogens with zero attached hydrogens (tertiary/aromatic N) is 3. The number of aliphatic carboxylic acids is 1. The van der Waals surface area contributed by atoms with Crippen LogP contribution in [0.2, 0.25) is 5.15 Å². The fourth-order valence-corrected chi connectivity index (χ4v) is 4.41. The number of imidazole rings is 1. The average molecular weight is 402 g/mol. The summed E-state index contributed by atoms with van der Waals surface area (Å²) in [4.78, 5) is 20.5. The van der Waals surface area contributed by atoms with Gasteiger partial charge < -0.3 is 10.8 Å². The molecule has 3 N–H and O–H groups in total. The summed E-state index contributed by atoms with van der Waals surface area (Å²) in [6.45, 7) is 3.93. The summed E-state index contributed by atoms with van der Waals surface area (Å²) < 4.78 is 2.36. The topological polar surface area (TPSA) is 93.5 Å². The average Bonchev–Trinajstić information content (AvgIpc) is 3.06. The lowest BCUT2D eigenvalue weighted by Crippen LogP contribution is -2.33. The molecule has 23 heavy (non-hydrogen) atoms. The summed E-state index contributed by atoms with van der Waals surface area (Å²) in [5.41, 5.74) is 5.85. The number of fused-ring (bicyclic) bond motifs is 1. The van der Waals surface area contributed by atoms with Gasteiger partial charge in [0.05, 0.1) is 11.6 Å². The molecule has 0 saturated heterocycles. The van der Waals surface area contributed by atoms with Crippen LogP contribution in [0.25, 0.3) is 5.52 Å². The largest absolute Gasteiger partial charge is 0.481 e. The molecule has 6 nitrogen and oxygen atoms in total. The number of carboxylic acid groups (broad SMARTS) is 1. The van der Waals surface area contributed by atoms with Gasteiger partial charge in [-0.3, -0.25) is 9.20 Å². The molecule has 0 bridgehead atoms. The maximum absolute atomic E-state index is 11.8. The highest BCUT2D eigenvalue weighted by molar-refractivity contribution is 9.10. The Labute approximate surface area is 147 Å². The summed E-state index contributed by atoms with van der Waals surface area (Å²) in [6, 6.07) is 0. The van der Waals surface area contributed by atoms with Crippen molar-refractivity contribution in [3.63, 3.8) is 0 Å². The van der Waals surface area contributed by atoms with E-state index in [1.807, 2.05) is 13.8 Å². The molecule has 1 fully saturated rings. The van der Waals surface area contributed by atoms with Gasteiger partial charge in [-0.1, -0.05) is 25.4 Å². The zero-order valence-corrected chi connectivity index (χ0v) is 15.2. The fraction of sp³-hybridized carbons (Fsp3) is 0.533. The van der Waals surface area contributed by atoms with Gasteiger partial charge in [-0.25, -0.2) is 9.97 Å². The SMILES string of the molecule is CC(C)[C@@]1(C(=O)O)CCC(c2nc(Br)c3c(N)ncc(Cl)n23)C1. The normalized spacial score (nSPS) is 24.7. The van der Waals surface area contributed by atoms with Crippen molar-refractivity contribution < 1.29 is 9.90 Å². The van der Waals surface area contributed by atoms with Gasteiger partial charge in [0.25, 0.3) is 0 Å².